The number of piperazine rings is 1. The lowest BCUT2D eigenvalue weighted by Crippen LogP contribution is -2.55. The molecule has 1 aliphatic heterocycles. The van der Waals surface area contributed by atoms with Crippen molar-refractivity contribution in [1.82, 2.24) is 20.4 Å². The predicted octanol–water partition coefficient (Wildman–Crippen LogP) is -0.500. The van der Waals surface area contributed by atoms with E-state index in [0.29, 0.717) is 6.54 Å². The van der Waals surface area contributed by atoms with Gasteiger partial charge in [-0.3, -0.25) is 9.69 Å². The average molecular weight is 282 g/mol. The molecule has 1 heterocycles. The Bertz CT molecular complexity index is 298. The van der Waals surface area contributed by atoms with Crippen molar-refractivity contribution in [1.29, 1.82) is 0 Å². The fraction of sp³-hybridized carbons (Fsp3) is 0.909. The Hall–Kier alpha value is -0.860. The molecule has 1 saturated heterocycles. The van der Waals surface area contributed by atoms with Crippen molar-refractivity contribution in [3.05, 3.63) is 0 Å². The molecule has 5 nitrogen and oxygen atoms in total. The molecule has 1 amide bonds. The smallest absolute Gasteiger partial charge is 0.353 e. The van der Waals surface area contributed by atoms with Gasteiger partial charge in [-0.1, -0.05) is 0 Å². The van der Waals surface area contributed by atoms with E-state index < -0.39 is 18.6 Å². The minimum Gasteiger partial charge on any atom is -0.353 e. The van der Waals surface area contributed by atoms with E-state index in [2.05, 4.69) is 20.4 Å². The Kier molecular flexibility index (Phi) is 6.02. The van der Waals surface area contributed by atoms with Crippen LogP contribution >= 0.6 is 0 Å². The summed E-state index contributed by atoms with van der Waals surface area (Å²) in [5, 5.41) is 4.72. The number of carbonyl (C=O) groups excluding carboxylic acids is 1. The van der Waals surface area contributed by atoms with Crippen molar-refractivity contribution in [3.63, 3.8) is 0 Å². The number of halogens is 3. The van der Waals surface area contributed by atoms with Crippen LogP contribution in [0, 0.1) is 0 Å². The second-order valence-electron chi connectivity index (χ2n) is 4.92. The Morgan fingerprint density at radius 1 is 1.32 bits per heavy atom. The maximum absolute atomic E-state index is 11.9. The Morgan fingerprint density at radius 2 is 2.00 bits per heavy atom. The van der Waals surface area contributed by atoms with Crippen LogP contribution in [0.3, 0.4) is 0 Å². The normalized spacial score (nSPS) is 22.5. The SMILES string of the molecule is CN1CCN(C)C(CNC(=O)CNCC(F)(F)F)C1. The van der Waals surface area contributed by atoms with E-state index in [9.17, 15) is 18.0 Å². The van der Waals surface area contributed by atoms with Gasteiger partial charge in [0, 0.05) is 32.2 Å². The molecule has 1 aliphatic rings. The number of alkyl halides is 3. The highest BCUT2D eigenvalue weighted by molar-refractivity contribution is 5.78. The Morgan fingerprint density at radius 3 is 2.63 bits per heavy atom. The molecule has 1 unspecified atom stereocenters. The highest BCUT2D eigenvalue weighted by atomic mass is 19.4. The third-order valence-electron chi connectivity index (χ3n) is 3.13. The molecule has 0 aromatic carbocycles. The summed E-state index contributed by atoms with van der Waals surface area (Å²) in [6, 6.07) is 0.199. The molecule has 0 aromatic rings. The van der Waals surface area contributed by atoms with Crippen LogP contribution in [-0.2, 0) is 4.79 Å². The first-order valence-electron chi connectivity index (χ1n) is 6.21. The summed E-state index contributed by atoms with van der Waals surface area (Å²) in [5.41, 5.74) is 0. The maximum atomic E-state index is 11.9. The van der Waals surface area contributed by atoms with E-state index in [4.69, 9.17) is 0 Å². The summed E-state index contributed by atoms with van der Waals surface area (Å²) < 4.78 is 35.6. The first-order valence-corrected chi connectivity index (χ1v) is 6.21. The minimum atomic E-state index is -4.29. The van der Waals surface area contributed by atoms with Crippen molar-refractivity contribution in [2.75, 3.05) is 53.4 Å². The number of hydrogen-bond donors (Lipinski definition) is 2. The van der Waals surface area contributed by atoms with Crippen LogP contribution in [0.15, 0.2) is 0 Å². The molecule has 0 aromatic heterocycles. The van der Waals surface area contributed by atoms with Crippen LogP contribution in [0.1, 0.15) is 0 Å². The van der Waals surface area contributed by atoms with Crippen LogP contribution in [-0.4, -0.2) is 81.3 Å². The lowest BCUT2D eigenvalue weighted by Gasteiger charge is -2.37. The van der Waals surface area contributed by atoms with Gasteiger partial charge >= 0.3 is 6.18 Å². The molecule has 1 atom stereocenters. The highest BCUT2D eigenvalue weighted by Gasteiger charge is 2.27. The number of nitrogens with zero attached hydrogens (tertiary/aromatic N) is 2. The van der Waals surface area contributed by atoms with E-state index in [1.807, 2.05) is 14.1 Å². The molecular formula is C11H21F3N4O. The van der Waals surface area contributed by atoms with E-state index in [1.54, 1.807) is 0 Å². The highest BCUT2D eigenvalue weighted by Crippen LogP contribution is 2.11. The van der Waals surface area contributed by atoms with Gasteiger partial charge in [0.1, 0.15) is 0 Å². The monoisotopic (exact) mass is 282 g/mol. The van der Waals surface area contributed by atoms with E-state index in [-0.39, 0.29) is 12.6 Å². The van der Waals surface area contributed by atoms with E-state index in [1.165, 1.54) is 0 Å². The Balaban J connectivity index is 2.19. The topological polar surface area (TPSA) is 47.6 Å². The van der Waals surface area contributed by atoms with Crippen molar-refractivity contribution in [2.24, 2.45) is 0 Å². The molecule has 112 valence electrons. The average Bonchev–Trinajstić information content (AvgIpc) is 2.28. The van der Waals surface area contributed by atoms with Gasteiger partial charge in [0.25, 0.3) is 0 Å². The third kappa shape index (κ3) is 6.74. The molecule has 8 heteroatoms. The number of amides is 1. The zero-order chi connectivity index (χ0) is 14.5. The van der Waals surface area contributed by atoms with Crippen molar-refractivity contribution in [2.45, 2.75) is 12.2 Å². The van der Waals surface area contributed by atoms with Gasteiger partial charge in [-0.05, 0) is 14.1 Å². The largest absolute Gasteiger partial charge is 0.401 e. The van der Waals surface area contributed by atoms with E-state index in [0.717, 1.165) is 19.6 Å². The molecule has 1 rings (SSSR count). The van der Waals surface area contributed by atoms with Gasteiger partial charge in [0.05, 0.1) is 13.1 Å². The predicted molar refractivity (Wildman–Crippen MR) is 65.8 cm³/mol. The summed E-state index contributed by atoms with van der Waals surface area (Å²) in [6.07, 6.45) is -4.29. The van der Waals surface area contributed by atoms with Gasteiger partial charge in [-0.2, -0.15) is 13.2 Å². The fourth-order valence-corrected chi connectivity index (χ4v) is 1.93. The molecule has 1 fully saturated rings. The fourth-order valence-electron chi connectivity index (χ4n) is 1.93. The number of rotatable bonds is 5. The van der Waals surface area contributed by atoms with Crippen LogP contribution in [0.4, 0.5) is 13.2 Å². The second kappa shape index (κ2) is 7.06. The molecule has 2 N–H and O–H groups in total. The van der Waals surface area contributed by atoms with Gasteiger partial charge in [-0.25, -0.2) is 0 Å². The first kappa shape index (κ1) is 16.2. The van der Waals surface area contributed by atoms with Crippen molar-refractivity contribution < 1.29 is 18.0 Å². The third-order valence-corrected chi connectivity index (χ3v) is 3.13. The van der Waals surface area contributed by atoms with Gasteiger partial charge < -0.3 is 15.5 Å². The molecule has 0 saturated carbocycles. The lowest BCUT2D eigenvalue weighted by atomic mass is 10.2. The van der Waals surface area contributed by atoms with Crippen molar-refractivity contribution in [3.8, 4) is 0 Å². The first-order chi connectivity index (χ1) is 8.78. The van der Waals surface area contributed by atoms with Gasteiger partial charge in [0.2, 0.25) is 5.91 Å². The van der Waals surface area contributed by atoms with Crippen LogP contribution < -0.4 is 10.6 Å². The zero-order valence-corrected chi connectivity index (χ0v) is 11.3. The summed E-state index contributed by atoms with van der Waals surface area (Å²) in [4.78, 5) is 15.7. The molecular weight excluding hydrogens is 261 g/mol. The second-order valence-corrected chi connectivity index (χ2v) is 4.92. The van der Waals surface area contributed by atoms with Crippen LogP contribution in [0.2, 0.25) is 0 Å². The van der Waals surface area contributed by atoms with Crippen LogP contribution in [0.25, 0.3) is 0 Å². The Labute approximate surface area is 111 Å². The summed E-state index contributed by atoms with van der Waals surface area (Å²) in [7, 11) is 3.98. The minimum absolute atomic E-state index is 0.199. The molecule has 0 spiro atoms. The van der Waals surface area contributed by atoms with Crippen LogP contribution in [0.5, 0.6) is 0 Å². The van der Waals surface area contributed by atoms with E-state index >= 15 is 0 Å². The quantitative estimate of drug-likeness (QED) is 0.714. The number of hydrogen-bond acceptors (Lipinski definition) is 4. The van der Waals surface area contributed by atoms with Gasteiger partial charge in [0.15, 0.2) is 0 Å². The number of nitrogens with one attached hydrogen (secondary N) is 2. The maximum Gasteiger partial charge on any atom is 0.401 e. The zero-order valence-electron chi connectivity index (χ0n) is 11.3. The van der Waals surface area contributed by atoms with Crippen molar-refractivity contribution >= 4 is 5.91 Å². The van der Waals surface area contributed by atoms with Gasteiger partial charge in [-0.15, -0.1) is 0 Å². The molecule has 19 heavy (non-hydrogen) atoms. The lowest BCUT2D eigenvalue weighted by molar-refractivity contribution is -0.128. The summed E-state index contributed by atoms with van der Waals surface area (Å²) in [5.74, 6) is -0.411. The summed E-state index contributed by atoms with van der Waals surface area (Å²) >= 11 is 0. The molecule has 0 radical (unpaired) electrons. The summed E-state index contributed by atoms with van der Waals surface area (Å²) in [6.45, 7) is 1.73. The molecule has 0 aliphatic carbocycles. The standard InChI is InChI=1S/C11H21F3N4O/c1-17-3-4-18(2)9(7-17)5-16-10(19)6-15-8-11(12,13)14/h9,15H,3-8H2,1-2H3,(H,16,19). The number of carbonyl (C=O) groups is 1. The molecule has 0 bridgehead atoms. The number of likely N-dealkylation sites (N-methyl/N-ethyl adjacent to an activating group) is 2.